The first-order chi connectivity index (χ1) is 11.2. The maximum atomic E-state index is 11.9. The monoisotopic (exact) mass is 328 g/mol. The second-order valence-electron chi connectivity index (χ2n) is 5.33. The van der Waals surface area contributed by atoms with Gasteiger partial charge in [-0.3, -0.25) is 4.79 Å². The number of benzene rings is 1. The van der Waals surface area contributed by atoms with Crippen LogP contribution in [0.2, 0.25) is 5.15 Å². The Hall–Kier alpha value is -2.40. The van der Waals surface area contributed by atoms with Crippen molar-refractivity contribution in [2.45, 2.75) is 12.8 Å². The highest BCUT2D eigenvalue weighted by Crippen LogP contribution is 2.19. The smallest absolute Gasteiger partial charge is 0.274 e. The van der Waals surface area contributed by atoms with Gasteiger partial charge in [0.2, 0.25) is 0 Å². The van der Waals surface area contributed by atoms with Crippen molar-refractivity contribution in [3.05, 3.63) is 58.9 Å². The Kier molecular flexibility index (Phi) is 4.88. The van der Waals surface area contributed by atoms with Crippen LogP contribution < -0.4 is 10.3 Å². The van der Waals surface area contributed by atoms with E-state index in [2.05, 4.69) is 32.5 Å². The van der Waals surface area contributed by atoms with E-state index in [1.165, 1.54) is 24.7 Å². The van der Waals surface area contributed by atoms with Gasteiger partial charge in [-0.15, -0.1) is 0 Å². The van der Waals surface area contributed by atoms with Crippen LogP contribution in [0, 0.1) is 0 Å². The zero-order valence-corrected chi connectivity index (χ0v) is 13.3. The number of nitrogens with zero attached hydrogens (tertiary/aromatic N) is 3. The lowest BCUT2D eigenvalue weighted by Gasteiger charge is -2.17. The molecule has 0 bridgehead atoms. The molecule has 6 heteroatoms. The summed E-state index contributed by atoms with van der Waals surface area (Å²) in [7, 11) is 0. The number of carbonyl (C=O) groups excluding carboxylic acids is 1. The predicted molar refractivity (Wildman–Crippen MR) is 92.2 cm³/mol. The van der Waals surface area contributed by atoms with Crippen molar-refractivity contribution in [2.24, 2.45) is 5.10 Å². The first kappa shape index (κ1) is 15.5. The van der Waals surface area contributed by atoms with E-state index in [9.17, 15) is 4.79 Å². The van der Waals surface area contributed by atoms with E-state index in [4.69, 9.17) is 11.6 Å². The van der Waals surface area contributed by atoms with Gasteiger partial charge in [0.25, 0.3) is 5.91 Å². The molecule has 1 aromatic heterocycles. The van der Waals surface area contributed by atoms with Gasteiger partial charge in [0.15, 0.2) is 0 Å². The number of rotatable bonds is 4. The summed E-state index contributed by atoms with van der Waals surface area (Å²) in [5.74, 6) is -0.381. The van der Waals surface area contributed by atoms with E-state index < -0.39 is 0 Å². The third kappa shape index (κ3) is 3.87. The third-order valence-electron chi connectivity index (χ3n) is 3.75. The molecule has 1 saturated heterocycles. The van der Waals surface area contributed by atoms with Crippen molar-refractivity contribution < 1.29 is 4.79 Å². The highest BCUT2D eigenvalue weighted by Gasteiger charge is 2.11. The zero-order chi connectivity index (χ0) is 16.1. The molecule has 5 nitrogen and oxygen atoms in total. The number of hydrazone groups is 1. The van der Waals surface area contributed by atoms with Crippen LogP contribution in [-0.4, -0.2) is 30.2 Å². The van der Waals surface area contributed by atoms with Crippen LogP contribution in [-0.2, 0) is 0 Å². The van der Waals surface area contributed by atoms with Gasteiger partial charge in [0, 0.05) is 25.0 Å². The van der Waals surface area contributed by atoms with E-state index in [1.807, 2.05) is 12.1 Å². The quantitative estimate of drug-likeness (QED) is 0.533. The van der Waals surface area contributed by atoms with Gasteiger partial charge >= 0.3 is 0 Å². The Morgan fingerprint density at radius 1 is 1.22 bits per heavy atom. The SMILES string of the molecule is O=C(NN=Cc1ccc(N2CCCC2)cc1)c1cccnc1Cl. The molecule has 0 radical (unpaired) electrons. The molecule has 1 amide bonds. The lowest BCUT2D eigenvalue weighted by molar-refractivity contribution is 0.0955. The van der Waals surface area contributed by atoms with Crippen molar-refractivity contribution in [3.63, 3.8) is 0 Å². The van der Waals surface area contributed by atoms with Crippen LogP contribution in [0.15, 0.2) is 47.7 Å². The van der Waals surface area contributed by atoms with Crippen LogP contribution in [0.4, 0.5) is 5.69 Å². The molecule has 0 aliphatic carbocycles. The van der Waals surface area contributed by atoms with Gasteiger partial charge in [-0.25, -0.2) is 10.4 Å². The van der Waals surface area contributed by atoms with Crippen molar-refractivity contribution in [1.29, 1.82) is 0 Å². The number of pyridine rings is 1. The standard InChI is InChI=1S/C17H17ClN4O/c18-16-15(4-3-9-19-16)17(23)21-20-12-13-5-7-14(8-6-13)22-10-1-2-11-22/h3-9,12H,1-2,10-11H2,(H,21,23). The van der Waals surface area contributed by atoms with Crippen LogP contribution in [0.1, 0.15) is 28.8 Å². The third-order valence-corrected chi connectivity index (χ3v) is 4.05. The van der Waals surface area contributed by atoms with E-state index in [0.29, 0.717) is 5.56 Å². The number of carbonyl (C=O) groups is 1. The molecule has 1 aromatic carbocycles. The maximum absolute atomic E-state index is 11.9. The minimum atomic E-state index is -0.381. The summed E-state index contributed by atoms with van der Waals surface area (Å²) < 4.78 is 0. The molecule has 0 atom stereocenters. The summed E-state index contributed by atoms with van der Waals surface area (Å²) in [6, 6.07) is 11.4. The summed E-state index contributed by atoms with van der Waals surface area (Å²) in [6.07, 6.45) is 5.65. The molecule has 23 heavy (non-hydrogen) atoms. The van der Waals surface area contributed by atoms with Crippen LogP contribution in [0.3, 0.4) is 0 Å². The summed E-state index contributed by atoms with van der Waals surface area (Å²) in [4.78, 5) is 18.2. The van der Waals surface area contributed by atoms with E-state index in [1.54, 1.807) is 18.3 Å². The maximum Gasteiger partial charge on any atom is 0.274 e. The van der Waals surface area contributed by atoms with E-state index in [-0.39, 0.29) is 11.1 Å². The number of nitrogens with one attached hydrogen (secondary N) is 1. The van der Waals surface area contributed by atoms with Gasteiger partial charge in [-0.1, -0.05) is 23.7 Å². The van der Waals surface area contributed by atoms with Gasteiger partial charge in [0.05, 0.1) is 11.8 Å². The fraction of sp³-hybridized carbons (Fsp3) is 0.235. The van der Waals surface area contributed by atoms with Gasteiger partial charge in [0.1, 0.15) is 5.15 Å². The molecule has 2 heterocycles. The van der Waals surface area contributed by atoms with E-state index in [0.717, 1.165) is 18.7 Å². The molecule has 3 rings (SSSR count). The van der Waals surface area contributed by atoms with Crippen molar-refractivity contribution >= 4 is 29.4 Å². The van der Waals surface area contributed by atoms with Crippen LogP contribution in [0.5, 0.6) is 0 Å². The second kappa shape index (κ2) is 7.24. The largest absolute Gasteiger partial charge is 0.372 e. The van der Waals surface area contributed by atoms with Gasteiger partial charge in [-0.2, -0.15) is 5.10 Å². The Bertz CT molecular complexity index is 709. The minimum absolute atomic E-state index is 0.162. The zero-order valence-electron chi connectivity index (χ0n) is 12.6. The highest BCUT2D eigenvalue weighted by atomic mass is 35.5. The lowest BCUT2D eigenvalue weighted by Crippen LogP contribution is -2.18. The molecule has 1 aliphatic heterocycles. The Balaban J connectivity index is 1.59. The average molecular weight is 329 g/mol. The van der Waals surface area contributed by atoms with Crippen LogP contribution >= 0.6 is 11.6 Å². The predicted octanol–water partition coefficient (Wildman–Crippen LogP) is 3.10. The number of halogens is 1. The fourth-order valence-electron chi connectivity index (χ4n) is 2.53. The molecular weight excluding hydrogens is 312 g/mol. The fourth-order valence-corrected chi connectivity index (χ4v) is 2.73. The van der Waals surface area contributed by atoms with Gasteiger partial charge < -0.3 is 4.90 Å². The summed E-state index contributed by atoms with van der Waals surface area (Å²) >= 11 is 5.87. The number of hydrogen-bond acceptors (Lipinski definition) is 4. The molecule has 0 saturated carbocycles. The summed E-state index contributed by atoms with van der Waals surface area (Å²) in [5.41, 5.74) is 4.90. The lowest BCUT2D eigenvalue weighted by atomic mass is 10.2. The first-order valence-corrected chi connectivity index (χ1v) is 7.91. The number of amides is 1. The highest BCUT2D eigenvalue weighted by molar-refractivity contribution is 6.32. The first-order valence-electron chi connectivity index (χ1n) is 7.53. The molecule has 0 unspecified atom stereocenters. The van der Waals surface area contributed by atoms with Crippen LogP contribution in [0.25, 0.3) is 0 Å². The Morgan fingerprint density at radius 2 is 1.96 bits per heavy atom. The average Bonchev–Trinajstić information content (AvgIpc) is 3.10. The molecule has 1 aliphatic rings. The normalized spacial score (nSPS) is 14.4. The van der Waals surface area contributed by atoms with Crippen molar-refractivity contribution in [2.75, 3.05) is 18.0 Å². The topological polar surface area (TPSA) is 57.6 Å². The Morgan fingerprint density at radius 3 is 2.65 bits per heavy atom. The molecular formula is C17H17ClN4O. The number of anilines is 1. The van der Waals surface area contributed by atoms with Crippen molar-refractivity contribution in [3.8, 4) is 0 Å². The molecule has 118 valence electrons. The second-order valence-corrected chi connectivity index (χ2v) is 5.68. The number of aromatic nitrogens is 1. The number of hydrogen-bond donors (Lipinski definition) is 1. The van der Waals surface area contributed by atoms with E-state index >= 15 is 0 Å². The molecule has 1 N–H and O–H groups in total. The molecule has 2 aromatic rings. The molecule has 1 fully saturated rings. The minimum Gasteiger partial charge on any atom is -0.372 e. The summed E-state index contributed by atoms with van der Waals surface area (Å²) in [6.45, 7) is 2.24. The van der Waals surface area contributed by atoms with Crippen molar-refractivity contribution in [1.82, 2.24) is 10.4 Å². The molecule has 0 spiro atoms. The summed E-state index contributed by atoms with van der Waals surface area (Å²) in [5, 5.41) is 4.12. The Labute approximate surface area is 140 Å². The van der Waals surface area contributed by atoms with Gasteiger partial charge in [-0.05, 0) is 42.7 Å².